The summed E-state index contributed by atoms with van der Waals surface area (Å²) in [4.78, 5) is 0. The molecule has 5 nitrogen and oxygen atoms in total. The largest absolute Gasteiger partial charge is 0.357 e. The highest BCUT2D eigenvalue weighted by atomic mass is 32.1. The fourth-order valence-corrected chi connectivity index (χ4v) is 2.76. The van der Waals surface area contributed by atoms with E-state index in [0.717, 1.165) is 28.2 Å². The van der Waals surface area contributed by atoms with Crippen molar-refractivity contribution in [1.29, 1.82) is 0 Å². The fraction of sp³-hybridized carbons (Fsp3) is 0.150. The Hall–Kier alpha value is -2.99. The maximum atomic E-state index is 5.26. The van der Waals surface area contributed by atoms with Gasteiger partial charge in [0.2, 0.25) is 0 Å². The van der Waals surface area contributed by atoms with Gasteiger partial charge in [-0.2, -0.15) is 10.2 Å². The first-order valence-corrected chi connectivity index (χ1v) is 8.78. The van der Waals surface area contributed by atoms with Crippen LogP contribution in [0.2, 0.25) is 0 Å². The van der Waals surface area contributed by atoms with Crippen LogP contribution in [0.15, 0.2) is 65.8 Å². The number of hydrogen-bond donors (Lipinski definition) is 2. The van der Waals surface area contributed by atoms with Gasteiger partial charge in [0.05, 0.1) is 23.3 Å². The van der Waals surface area contributed by atoms with Crippen molar-refractivity contribution in [2.24, 2.45) is 5.10 Å². The normalized spacial score (nSPS) is 10.8. The molecular weight excluding hydrogens is 342 g/mol. The number of para-hydroxylation sites is 1. The first kappa shape index (κ1) is 17.8. The van der Waals surface area contributed by atoms with Crippen LogP contribution in [0.5, 0.6) is 0 Å². The molecule has 0 atom stereocenters. The van der Waals surface area contributed by atoms with Gasteiger partial charge >= 0.3 is 0 Å². The molecule has 2 aromatic carbocycles. The van der Waals surface area contributed by atoms with E-state index in [1.165, 1.54) is 0 Å². The first-order valence-electron chi connectivity index (χ1n) is 8.37. The zero-order chi connectivity index (χ0) is 18.4. The fourth-order valence-electron chi connectivity index (χ4n) is 2.64. The van der Waals surface area contributed by atoms with Gasteiger partial charge in [0.1, 0.15) is 0 Å². The van der Waals surface area contributed by atoms with Gasteiger partial charge in [0.15, 0.2) is 5.11 Å². The number of nitrogens with zero attached hydrogens (tertiary/aromatic N) is 3. The van der Waals surface area contributed by atoms with E-state index in [1.54, 1.807) is 6.21 Å². The Morgan fingerprint density at radius 3 is 2.42 bits per heavy atom. The molecule has 1 heterocycles. The van der Waals surface area contributed by atoms with Crippen molar-refractivity contribution in [3.63, 3.8) is 0 Å². The summed E-state index contributed by atoms with van der Waals surface area (Å²) in [6.45, 7) is 4.66. The Kier molecular flexibility index (Phi) is 5.76. The molecule has 3 aromatic rings. The highest BCUT2D eigenvalue weighted by Gasteiger charge is 2.10. The minimum atomic E-state index is 0.482. The quantitative estimate of drug-likeness (QED) is 0.414. The zero-order valence-corrected chi connectivity index (χ0v) is 15.6. The second kappa shape index (κ2) is 8.40. The van der Waals surface area contributed by atoms with E-state index in [4.69, 9.17) is 12.2 Å². The van der Waals surface area contributed by atoms with Gasteiger partial charge in [-0.3, -0.25) is 5.43 Å². The summed E-state index contributed by atoms with van der Waals surface area (Å²) < 4.78 is 1.92. The molecule has 0 aliphatic rings. The Labute approximate surface area is 158 Å². The molecule has 0 bridgehead atoms. The third kappa shape index (κ3) is 4.34. The Balaban J connectivity index is 1.62. The lowest BCUT2D eigenvalue weighted by Gasteiger charge is -2.06. The number of hydrazone groups is 1. The van der Waals surface area contributed by atoms with Crippen LogP contribution in [0.4, 0.5) is 0 Å². The molecule has 0 saturated carbocycles. The minimum Gasteiger partial charge on any atom is -0.357 e. The number of aromatic nitrogens is 2. The number of rotatable bonds is 5. The summed E-state index contributed by atoms with van der Waals surface area (Å²) in [5, 5.41) is 12.5. The molecule has 3 rings (SSSR count). The summed E-state index contributed by atoms with van der Waals surface area (Å²) >= 11 is 5.26. The smallest absolute Gasteiger partial charge is 0.187 e. The second-order valence-corrected chi connectivity index (χ2v) is 6.28. The van der Waals surface area contributed by atoms with E-state index >= 15 is 0 Å². The van der Waals surface area contributed by atoms with Crippen LogP contribution in [-0.2, 0) is 6.54 Å². The summed E-state index contributed by atoms with van der Waals surface area (Å²) in [5.74, 6) is 0. The lowest BCUT2D eigenvalue weighted by molar-refractivity contribution is 0.833. The van der Waals surface area contributed by atoms with Crippen LogP contribution in [0, 0.1) is 13.8 Å². The van der Waals surface area contributed by atoms with Crippen LogP contribution in [0.25, 0.3) is 5.69 Å². The molecule has 0 amide bonds. The predicted octanol–water partition coefficient (Wildman–Crippen LogP) is 3.49. The molecule has 0 unspecified atom stereocenters. The van der Waals surface area contributed by atoms with Crippen molar-refractivity contribution in [3.05, 3.63) is 83.2 Å². The maximum Gasteiger partial charge on any atom is 0.187 e. The Morgan fingerprint density at radius 2 is 1.73 bits per heavy atom. The minimum absolute atomic E-state index is 0.482. The van der Waals surface area contributed by atoms with Crippen LogP contribution in [-0.4, -0.2) is 21.1 Å². The van der Waals surface area contributed by atoms with Gasteiger partial charge in [-0.1, -0.05) is 48.5 Å². The third-order valence-corrected chi connectivity index (χ3v) is 4.24. The molecule has 26 heavy (non-hydrogen) atoms. The van der Waals surface area contributed by atoms with Crippen LogP contribution in [0.3, 0.4) is 0 Å². The summed E-state index contributed by atoms with van der Waals surface area (Å²) in [5.41, 5.74) is 7.98. The molecule has 0 aliphatic heterocycles. The van der Waals surface area contributed by atoms with Gasteiger partial charge in [-0.15, -0.1) is 0 Å². The zero-order valence-electron chi connectivity index (χ0n) is 14.8. The second-order valence-electron chi connectivity index (χ2n) is 5.87. The molecule has 0 radical (unpaired) electrons. The van der Waals surface area contributed by atoms with E-state index < -0.39 is 0 Å². The monoisotopic (exact) mass is 363 g/mol. The molecule has 0 saturated heterocycles. The topological polar surface area (TPSA) is 54.2 Å². The highest BCUT2D eigenvalue weighted by molar-refractivity contribution is 7.80. The number of thiocarbonyl (C=S) groups is 1. The summed E-state index contributed by atoms with van der Waals surface area (Å²) in [6.07, 6.45) is 1.76. The van der Waals surface area contributed by atoms with Crippen molar-refractivity contribution in [3.8, 4) is 5.69 Å². The van der Waals surface area contributed by atoms with E-state index in [1.807, 2.05) is 79.2 Å². The Morgan fingerprint density at radius 1 is 1.08 bits per heavy atom. The highest BCUT2D eigenvalue weighted by Crippen LogP contribution is 2.15. The molecular formula is C20H21N5S. The standard InChI is InChI=1S/C20H21N5S/c1-15-19(16(2)25(24-15)18-11-7-4-8-12-18)14-22-23-20(26)21-13-17-9-5-3-6-10-17/h3-12,14H,13H2,1-2H3,(H2,21,23,26)/b22-14-. The van der Waals surface area contributed by atoms with Gasteiger partial charge in [-0.05, 0) is 43.8 Å². The maximum absolute atomic E-state index is 5.26. The van der Waals surface area contributed by atoms with E-state index in [9.17, 15) is 0 Å². The molecule has 0 spiro atoms. The van der Waals surface area contributed by atoms with E-state index in [-0.39, 0.29) is 0 Å². The van der Waals surface area contributed by atoms with Crippen molar-refractivity contribution >= 4 is 23.5 Å². The van der Waals surface area contributed by atoms with Crippen LogP contribution in [0.1, 0.15) is 22.5 Å². The third-order valence-electron chi connectivity index (χ3n) is 4.00. The molecule has 6 heteroatoms. The first-order chi connectivity index (χ1) is 12.6. The number of nitrogens with one attached hydrogen (secondary N) is 2. The summed E-state index contributed by atoms with van der Waals surface area (Å²) in [6, 6.07) is 20.1. The SMILES string of the molecule is Cc1nn(-c2ccccc2)c(C)c1/C=N\NC(=S)NCc1ccccc1. The molecule has 1 aromatic heterocycles. The number of benzene rings is 2. The number of hydrogen-bond acceptors (Lipinski definition) is 3. The van der Waals surface area contributed by atoms with E-state index in [0.29, 0.717) is 11.7 Å². The van der Waals surface area contributed by atoms with Crippen molar-refractivity contribution < 1.29 is 0 Å². The molecule has 132 valence electrons. The van der Waals surface area contributed by atoms with E-state index in [2.05, 4.69) is 20.9 Å². The van der Waals surface area contributed by atoms with Gasteiger partial charge in [0.25, 0.3) is 0 Å². The van der Waals surface area contributed by atoms with Crippen LogP contribution >= 0.6 is 12.2 Å². The average Bonchev–Trinajstić information content (AvgIpc) is 2.96. The molecule has 2 N–H and O–H groups in total. The molecule has 0 aliphatic carbocycles. The van der Waals surface area contributed by atoms with Gasteiger partial charge in [0, 0.05) is 12.1 Å². The lowest BCUT2D eigenvalue weighted by Crippen LogP contribution is -2.31. The predicted molar refractivity (Wildman–Crippen MR) is 110 cm³/mol. The molecule has 0 fully saturated rings. The Bertz CT molecular complexity index is 901. The van der Waals surface area contributed by atoms with Crippen molar-refractivity contribution in [2.45, 2.75) is 20.4 Å². The number of aryl methyl sites for hydroxylation is 1. The van der Waals surface area contributed by atoms with Crippen molar-refractivity contribution in [1.82, 2.24) is 20.5 Å². The van der Waals surface area contributed by atoms with Crippen molar-refractivity contribution in [2.75, 3.05) is 0 Å². The van der Waals surface area contributed by atoms with Gasteiger partial charge in [-0.25, -0.2) is 4.68 Å². The van der Waals surface area contributed by atoms with Crippen LogP contribution < -0.4 is 10.7 Å². The average molecular weight is 363 g/mol. The summed E-state index contributed by atoms with van der Waals surface area (Å²) in [7, 11) is 0. The lowest BCUT2D eigenvalue weighted by atomic mass is 10.2. The van der Waals surface area contributed by atoms with Gasteiger partial charge < -0.3 is 5.32 Å².